The number of benzene rings is 1. The second-order valence-corrected chi connectivity index (χ2v) is 6.90. The number of fused-ring (bicyclic) bond motifs is 2. The molecule has 0 spiro atoms. The largest absolute Gasteiger partial charge is 0.497 e. The Balaban J connectivity index is 1.76. The molecule has 1 aromatic rings. The van der Waals surface area contributed by atoms with Crippen LogP contribution < -0.4 is 4.74 Å². The molecule has 0 radical (unpaired) electrons. The van der Waals surface area contributed by atoms with Gasteiger partial charge in [0.25, 0.3) is 0 Å². The van der Waals surface area contributed by atoms with E-state index in [0.717, 1.165) is 35.5 Å². The highest BCUT2D eigenvalue weighted by Crippen LogP contribution is 2.61. The summed E-state index contributed by atoms with van der Waals surface area (Å²) in [5.41, 5.74) is 0.474. The second kappa shape index (κ2) is 3.99. The summed E-state index contributed by atoms with van der Waals surface area (Å²) in [6, 6.07) is 8.09. The third-order valence-corrected chi connectivity index (χ3v) is 5.88. The summed E-state index contributed by atoms with van der Waals surface area (Å²) in [6.45, 7) is 0. The van der Waals surface area contributed by atoms with Crippen molar-refractivity contribution in [2.75, 3.05) is 7.11 Å². The summed E-state index contributed by atoms with van der Waals surface area (Å²) >= 11 is 0. The first-order chi connectivity index (χ1) is 9.19. The van der Waals surface area contributed by atoms with E-state index >= 15 is 0 Å². The van der Waals surface area contributed by atoms with E-state index in [-0.39, 0.29) is 0 Å². The predicted molar refractivity (Wildman–Crippen MR) is 73.9 cm³/mol. The van der Waals surface area contributed by atoms with Crippen LogP contribution in [0, 0.1) is 23.7 Å². The normalized spacial score (nSPS) is 43.5. The van der Waals surface area contributed by atoms with Crippen molar-refractivity contribution in [2.45, 2.75) is 37.7 Å². The molecule has 4 rings (SSSR count). The van der Waals surface area contributed by atoms with Crippen molar-refractivity contribution in [3.8, 4) is 5.75 Å². The zero-order valence-corrected chi connectivity index (χ0v) is 11.5. The Labute approximate surface area is 114 Å². The van der Waals surface area contributed by atoms with Gasteiger partial charge in [0.2, 0.25) is 0 Å². The van der Waals surface area contributed by atoms with Gasteiger partial charge in [-0.25, -0.2) is 0 Å². The molecule has 3 fully saturated rings. The molecule has 3 saturated carbocycles. The van der Waals surface area contributed by atoms with Gasteiger partial charge in [0.1, 0.15) is 5.75 Å². The molecule has 0 aliphatic heterocycles. The highest BCUT2D eigenvalue weighted by Gasteiger charge is 2.56. The molecular weight excluding hydrogens is 236 g/mol. The van der Waals surface area contributed by atoms with Crippen LogP contribution in [0.1, 0.15) is 37.7 Å². The molecule has 3 bridgehead atoms. The smallest absolute Gasteiger partial charge is 0.119 e. The van der Waals surface area contributed by atoms with E-state index in [1.54, 1.807) is 7.11 Å². The zero-order valence-electron chi connectivity index (χ0n) is 11.5. The van der Waals surface area contributed by atoms with Gasteiger partial charge in [0, 0.05) is 0 Å². The molecule has 2 nitrogen and oxygen atoms in total. The lowest BCUT2D eigenvalue weighted by molar-refractivity contribution is -0.0871. The highest BCUT2D eigenvalue weighted by molar-refractivity contribution is 5.34. The summed E-state index contributed by atoms with van der Waals surface area (Å²) in [5, 5.41) is 11.4. The van der Waals surface area contributed by atoms with E-state index in [1.165, 1.54) is 25.7 Å². The van der Waals surface area contributed by atoms with Crippen molar-refractivity contribution in [3.05, 3.63) is 29.8 Å². The van der Waals surface area contributed by atoms with Crippen LogP contribution in [0.2, 0.25) is 0 Å². The zero-order chi connectivity index (χ0) is 13.0. The van der Waals surface area contributed by atoms with E-state index in [0.29, 0.717) is 5.92 Å². The SMILES string of the molecule is COc1cccc([C@@]2(O)CC3CC4CC(C3)C2C4)c1. The maximum Gasteiger partial charge on any atom is 0.119 e. The summed E-state index contributed by atoms with van der Waals surface area (Å²) in [4.78, 5) is 0. The molecular formula is C17H22O2. The van der Waals surface area contributed by atoms with Crippen molar-refractivity contribution in [1.82, 2.24) is 0 Å². The van der Waals surface area contributed by atoms with Gasteiger partial charge >= 0.3 is 0 Å². The molecule has 3 aliphatic rings. The Hall–Kier alpha value is -1.02. The van der Waals surface area contributed by atoms with Crippen LogP contribution >= 0.6 is 0 Å². The van der Waals surface area contributed by atoms with Gasteiger partial charge < -0.3 is 9.84 Å². The molecule has 5 atom stereocenters. The topological polar surface area (TPSA) is 29.5 Å². The van der Waals surface area contributed by atoms with Gasteiger partial charge in [-0.15, -0.1) is 0 Å². The number of aliphatic hydroxyl groups is 1. The maximum atomic E-state index is 11.4. The third kappa shape index (κ3) is 1.66. The quantitative estimate of drug-likeness (QED) is 0.881. The summed E-state index contributed by atoms with van der Waals surface area (Å²) in [7, 11) is 1.69. The summed E-state index contributed by atoms with van der Waals surface area (Å²) in [6.07, 6.45) is 6.24. The Morgan fingerprint density at radius 1 is 1.16 bits per heavy atom. The van der Waals surface area contributed by atoms with Gasteiger partial charge in [0.05, 0.1) is 12.7 Å². The molecule has 0 amide bonds. The molecule has 19 heavy (non-hydrogen) atoms. The molecule has 1 N–H and O–H groups in total. The first kappa shape index (κ1) is 11.8. The highest BCUT2D eigenvalue weighted by atomic mass is 16.5. The first-order valence-electron chi connectivity index (χ1n) is 7.56. The summed E-state index contributed by atoms with van der Waals surface area (Å²) < 4.78 is 5.33. The average Bonchev–Trinajstić information content (AvgIpc) is 2.68. The van der Waals surface area contributed by atoms with E-state index in [4.69, 9.17) is 4.74 Å². The minimum atomic E-state index is -0.604. The Morgan fingerprint density at radius 2 is 2.00 bits per heavy atom. The van der Waals surface area contributed by atoms with Crippen LogP contribution in [-0.4, -0.2) is 12.2 Å². The van der Waals surface area contributed by atoms with Crippen molar-refractivity contribution in [1.29, 1.82) is 0 Å². The molecule has 0 heterocycles. The lowest BCUT2D eigenvalue weighted by atomic mass is 9.63. The lowest BCUT2D eigenvalue weighted by Crippen LogP contribution is -2.43. The Kier molecular flexibility index (Phi) is 2.47. The van der Waals surface area contributed by atoms with E-state index < -0.39 is 5.60 Å². The minimum absolute atomic E-state index is 0.475. The van der Waals surface area contributed by atoms with Crippen LogP contribution in [0.5, 0.6) is 5.75 Å². The van der Waals surface area contributed by atoms with Crippen LogP contribution in [0.25, 0.3) is 0 Å². The van der Waals surface area contributed by atoms with Crippen molar-refractivity contribution >= 4 is 0 Å². The first-order valence-corrected chi connectivity index (χ1v) is 7.56. The minimum Gasteiger partial charge on any atom is -0.497 e. The van der Waals surface area contributed by atoms with Gasteiger partial charge in [-0.3, -0.25) is 0 Å². The predicted octanol–water partition coefficient (Wildman–Crippen LogP) is 3.34. The fourth-order valence-electron chi connectivity index (χ4n) is 5.26. The summed E-state index contributed by atoms with van der Waals surface area (Å²) in [5.74, 6) is 3.71. The molecule has 3 aliphatic carbocycles. The lowest BCUT2D eigenvalue weighted by Gasteiger charge is -2.46. The molecule has 1 aromatic carbocycles. The molecule has 102 valence electrons. The fraction of sp³-hybridized carbons (Fsp3) is 0.647. The number of methoxy groups -OCH3 is 1. The molecule has 0 aromatic heterocycles. The van der Waals surface area contributed by atoms with Crippen LogP contribution in [-0.2, 0) is 5.60 Å². The second-order valence-electron chi connectivity index (χ2n) is 6.90. The van der Waals surface area contributed by atoms with E-state index in [2.05, 4.69) is 6.07 Å². The van der Waals surface area contributed by atoms with Gasteiger partial charge in [0.15, 0.2) is 0 Å². The van der Waals surface area contributed by atoms with Gasteiger partial charge in [-0.1, -0.05) is 12.1 Å². The van der Waals surface area contributed by atoms with Crippen molar-refractivity contribution < 1.29 is 9.84 Å². The van der Waals surface area contributed by atoms with E-state index in [9.17, 15) is 5.11 Å². The number of rotatable bonds is 2. The molecule has 2 heteroatoms. The number of hydrogen-bond acceptors (Lipinski definition) is 2. The van der Waals surface area contributed by atoms with Crippen molar-refractivity contribution in [3.63, 3.8) is 0 Å². The number of hydrogen-bond donors (Lipinski definition) is 1. The average molecular weight is 258 g/mol. The fourth-order valence-corrected chi connectivity index (χ4v) is 5.26. The van der Waals surface area contributed by atoms with Crippen LogP contribution in [0.3, 0.4) is 0 Å². The third-order valence-electron chi connectivity index (χ3n) is 5.88. The van der Waals surface area contributed by atoms with Crippen LogP contribution in [0.4, 0.5) is 0 Å². The van der Waals surface area contributed by atoms with Gasteiger partial charge in [-0.05, 0) is 73.5 Å². The standard InChI is InChI=1S/C17H22O2/c1-19-15-4-2-3-14(9-15)17(18)10-12-5-11-6-13(7-12)16(17)8-11/h2-4,9,11-13,16,18H,5-8,10H2,1H3/t11?,12?,13?,16?,17-/m0/s1. The Bertz CT molecular complexity index is 496. The van der Waals surface area contributed by atoms with Crippen molar-refractivity contribution in [2.24, 2.45) is 23.7 Å². The van der Waals surface area contributed by atoms with Gasteiger partial charge in [-0.2, -0.15) is 0 Å². The monoisotopic (exact) mass is 258 g/mol. The maximum absolute atomic E-state index is 11.4. The molecule has 4 unspecified atom stereocenters. The Morgan fingerprint density at radius 3 is 2.84 bits per heavy atom. The molecule has 0 saturated heterocycles. The van der Waals surface area contributed by atoms with Crippen LogP contribution in [0.15, 0.2) is 24.3 Å². The number of ether oxygens (including phenoxy) is 1. The van der Waals surface area contributed by atoms with E-state index in [1.807, 2.05) is 18.2 Å².